The van der Waals surface area contributed by atoms with Crippen molar-refractivity contribution in [2.45, 2.75) is 32.2 Å². The minimum atomic E-state index is -0.885. The van der Waals surface area contributed by atoms with Gasteiger partial charge in [-0.05, 0) is 37.5 Å². The molecule has 1 aliphatic rings. The van der Waals surface area contributed by atoms with E-state index in [0.29, 0.717) is 25.7 Å². The molecule has 1 aromatic rings. The minimum Gasteiger partial charge on any atom is -0.481 e. The maximum absolute atomic E-state index is 13.4. The highest BCUT2D eigenvalue weighted by Crippen LogP contribution is 2.29. The number of carboxylic acid groups (broad SMARTS) is 1. The van der Waals surface area contributed by atoms with Gasteiger partial charge in [-0.1, -0.05) is 6.42 Å². The Morgan fingerprint density at radius 2 is 1.95 bits per heavy atom. The fraction of sp³-hybridized carbons (Fsp3) is 0.467. The van der Waals surface area contributed by atoms with Crippen LogP contribution in [0.4, 0.5) is 8.78 Å². The zero-order chi connectivity index (χ0) is 15.4. The molecule has 0 radical (unpaired) electrons. The fourth-order valence-corrected chi connectivity index (χ4v) is 2.66. The van der Waals surface area contributed by atoms with Crippen LogP contribution in [0.2, 0.25) is 0 Å². The highest BCUT2D eigenvalue weighted by Gasteiger charge is 2.30. The predicted octanol–water partition coefficient (Wildman–Crippen LogP) is 2.47. The lowest BCUT2D eigenvalue weighted by Gasteiger charge is -2.25. The molecule has 1 aliphatic carbocycles. The molecule has 21 heavy (non-hydrogen) atoms. The zero-order valence-corrected chi connectivity index (χ0v) is 11.4. The van der Waals surface area contributed by atoms with Crippen LogP contribution < -0.4 is 5.32 Å². The average Bonchev–Trinajstić information content (AvgIpc) is 2.48. The van der Waals surface area contributed by atoms with Gasteiger partial charge < -0.3 is 10.4 Å². The second kappa shape index (κ2) is 6.65. The summed E-state index contributed by atoms with van der Waals surface area (Å²) >= 11 is 0. The molecule has 6 heteroatoms. The summed E-state index contributed by atoms with van der Waals surface area (Å²) in [6.45, 7) is -0.101. The van der Waals surface area contributed by atoms with E-state index >= 15 is 0 Å². The fourth-order valence-electron chi connectivity index (χ4n) is 2.66. The molecule has 0 saturated heterocycles. The van der Waals surface area contributed by atoms with E-state index < -0.39 is 23.5 Å². The standard InChI is InChI=1S/C15H17F2NO3/c16-12-4-5-13(17)11(7-12)8-18-14(19)9-2-1-3-10(6-9)15(20)21/h4-5,7,9-10H,1-3,6,8H2,(H,18,19)(H,20,21)/t9-,10-/m0/s1. The van der Waals surface area contributed by atoms with Crippen molar-refractivity contribution in [1.29, 1.82) is 0 Å². The molecule has 0 aliphatic heterocycles. The van der Waals surface area contributed by atoms with Crippen molar-refractivity contribution in [3.05, 3.63) is 35.4 Å². The maximum atomic E-state index is 13.4. The number of carbonyl (C=O) groups is 2. The van der Waals surface area contributed by atoms with Crippen molar-refractivity contribution in [2.24, 2.45) is 11.8 Å². The first kappa shape index (κ1) is 15.4. The van der Waals surface area contributed by atoms with E-state index in [1.54, 1.807) is 0 Å². The molecule has 1 amide bonds. The van der Waals surface area contributed by atoms with Gasteiger partial charge >= 0.3 is 5.97 Å². The van der Waals surface area contributed by atoms with Crippen LogP contribution in [0.5, 0.6) is 0 Å². The van der Waals surface area contributed by atoms with Gasteiger partial charge in [-0.2, -0.15) is 0 Å². The molecule has 1 aromatic carbocycles. The summed E-state index contributed by atoms with van der Waals surface area (Å²) in [5.74, 6) is -3.21. The average molecular weight is 297 g/mol. The number of amides is 1. The van der Waals surface area contributed by atoms with Crippen LogP contribution in [0, 0.1) is 23.5 Å². The molecule has 0 aromatic heterocycles. The van der Waals surface area contributed by atoms with Crippen molar-refractivity contribution in [3.63, 3.8) is 0 Å². The van der Waals surface area contributed by atoms with E-state index in [9.17, 15) is 18.4 Å². The Labute approximate surface area is 121 Å². The lowest BCUT2D eigenvalue weighted by atomic mass is 9.81. The van der Waals surface area contributed by atoms with Gasteiger partial charge in [0, 0.05) is 18.0 Å². The molecule has 114 valence electrons. The highest BCUT2D eigenvalue weighted by molar-refractivity contribution is 5.80. The van der Waals surface area contributed by atoms with E-state index in [1.165, 1.54) is 0 Å². The maximum Gasteiger partial charge on any atom is 0.306 e. The number of hydrogen-bond acceptors (Lipinski definition) is 2. The molecule has 4 nitrogen and oxygen atoms in total. The molecular formula is C15H17F2NO3. The number of benzene rings is 1. The number of carboxylic acids is 1. The zero-order valence-electron chi connectivity index (χ0n) is 11.4. The normalized spacial score (nSPS) is 21.8. The Morgan fingerprint density at radius 1 is 1.24 bits per heavy atom. The van der Waals surface area contributed by atoms with Gasteiger partial charge in [-0.15, -0.1) is 0 Å². The number of rotatable bonds is 4. The number of nitrogens with one attached hydrogen (secondary N) is 1. The van der Waals surface area contributed by atoms with Gasteiger partial charge in [0.2, 0.25) is 5.91 Å². The number of aliphatic carboxylic acids is 1. The van der Waals surface area contributed by atoms with Crippen LogP contribution in [-0.2, 0) is 16.1 Å². The Morgan fingerprint density at radius 3 is 2.67 bits per heavy atom. The second-order valence-electron chi connectivity index (χ2n) is 5.35. The molecular weight excluding hydrogens is 280 g/mol. The van der Waals surface area contributed by atoms with Crippen LogP contribution in [-0.4, -0.2) is 17.0 Å². The van der Waals surface area contributed by atoms with Crippen molar-refractivity contribution in [1.82, 2.24) is 5.32 Å². The van der Waals surface area contributed by atoms with E-state index in [4.69, 9.17) is 5.11 Å². The predicted molar refractivity (Wildman–Crippen MR) is 71.3 cm³/mol. The summed E-state index contributed by atoms with van der Waals surface area (Å²) in [6, 6.07) is 3.06. The number of hydrogen-bond donors (Lipinski definition) is 2. The molecule has 1 fully saturated rings. The summed E-state index contributed by atoms with van der Waals surface area (Å²) in [5.41, 5.74) is 0.0777. The van der Waals surface area contributed by atoms with Crippen LogP contribution in [0.25, 0.3) is 0 Å². The summed E-state index contributed by atoms with van der Waals surface area (Å²) in [5, 5.41) is 11.5. The van der Waals surface area contributed by atoms with Gasteiger partial charge in [0.15, 0.2) is 0 Å². The SMILES string of the molecule is O=C(O)[C@H]1CCC[C@H](C(=O)NCc2cc(F)ccc2F)C1. The first-order valence-electron chi connectivity index (χ1n) is 6.92. The lowest BCUT2D eigenvalue weighted by molar-refractivity contribution is -0.144. The molecule has 0 unspecified atom stereocenters. The molecule has 0 heterocycles. The van der Waals surface area contributed by atoms with E-state index in [2.05, 4.69) is 5.32 Å². The molecule has 0 spiro atoms. The summed E-state index contributed by atoms with van der Waals surface area (Å²) < 4.78 is 26.5. The molecule has 1 saturated carbocycles. The Bertz CT molecular complexity index is 548. The molecule has 0 bridgehead atoms. The van der Waals surface area contributed by atoms with Crippen molar-refractivity contribution in [3.8, 4) is 0 Å². The monoisotopic (exact) mass is 297 g/mol. The van der Waals surface area contributed by atoms with Gasteiger partial charge in [0.05, 0.1) is 5.92 Å². The van der Waals surface area contributed by atoms with Crippen LogP contribution in [0.15, 0.2) is 18.2 Å². The third-order valence-corrected chi connectivity index (χ3v) is 3.86. The number of carbonyl (C=O) groups excluding carboxylic acids is 1. The summed E-state index contributed by atoms with van der Waals surface area (Å²) in [4.78, 5) is 23.0. The second-order valence-corrected chi connectivity index (χ2v) is 5.35. The third kappa shape index (κ3) is 4.00. The summed E-state index contributed by atoms with van der Waals surface area (Å²) in [7, 11) is 0. The van der Waals surface area contributed by atoms with Crippen LogP contribution in [0.3, 0.4) is 0 Å². The Hall–Kier alpha value is -1.98. The highest BCUT2D eigenvalue weighted by atomic mass is 19.1. The lowest BCUT2D eigenvalue weighted by Crippen LogP contribution is -2.35. The smallest absolute Gasteiger partial charge is 0.306 e. The van der Waals surface area contributed by atoms with Crippen molar-refractivity contribution in [2.75, 3.05) is 0 Å². The largest absolute Gasteiger partial charge is 0.481 e. The van der Waals surface area contributed by atoms with Gasteiger partial charge in [0.25, 0.3) is 0 Å². The molecule has 2 atom stereocenters. The van der Waals surface area contributed by atoms with E-state index in [1.807, 2.05) is 0 Å². The van der Waals surface area contributed by atoms with Crippen LogP contribution in [0.1, 0.15) is 31.2 Å². The van der Waals surface area contributed by atoms with Crippen molar-refractivity contribution >= 4 is 11.9 Å². The van der Waals surface area contributed by atoms with Crippen LogP contribution >= 0.6 is 0 Å². The quantitative estimate of drug-likeness (QED) is 0.897. The van der Waals surface area contributed by atoms with E-state index in [0.717, 1.165) is 18.2 Å². The number of halogens is 2. The Kier molecular flexibility index (Phi) is 4.88. The minimum absolute atomic E-state index is 0.0777. The molecule has 2 N–H and O–H groups in total. The van der Waals surface area contributed by atoms with Gasteiger partial charge in [-0.3, -0.25) is 9.59 Å². The topological polar surface area (TPSA) is 66.4 Å². The summed E-state index contributed by atoms with van der Waals surface area (Å²) in [6.07, 6.45) is 2.19. The van der Waals surface area contributed by atoms with Gasteiger partial charge in [-0.25, -0.2) is 8.78 Å². The molecule has 2 rings (SSSR count). The first-order chi connectivity index (χ1) is 9.97. The first-order valence-corrected chi connectivity index (χ1v) is 6.92. The third-order valence-electron chi connectivity index (χ3n) is 3.86. The Balaban J connectivity index is 1.92. The van der Waals surface area contributed by atoms with Gasteiger partial charge in [0.1, 0.15) is 11.6 Å². The van der Waals surface area contributed by atoms with E-state index in [-0.39, 0.29) is 23.9 Å². The van der Waals surface area contributed by atoms with Crippen molar-refractivity contribution < 1.29 is 23.5 Å².